The topological polar surface area (TPSA) is 53.9 Å². The van der Waals surface area contributed by atoms with Crippen LogP contribution in [0.5, 0.6) is 0 Å². The van der Waals surface area contributed by atoms with E-state index in [4.69, 9.17) is 11.6 Å². The van der Waals surface area contributed by atoms with Gasteiger partial charge in [0.1, 0.15) is 0 Å². The quantitative estimate of drug-likeness (QED) is 0.769. The largest absolute Gasteiger partial charge is 0.361 e. The van der Waals surface area contributed by atoms with Gasteiger partial charge in [-0.05, 0) is 31.5 Å². The van der Waals surface area contributed by atoms with Gasteiger partial charge in [0, 0.05) is 53.5 Å². The molecule has 0 aliphatic rings. The summed E-state index contributed by atoms with van der Waals surface area (Å²) in [6, 6.07) is 5.80. The maximum atomic E-state index is 12.8. The standard InChI is InChI=1S/C18H21ClN4O/c1-12(2)23(11-13-8-21-22(3)10-13)18(24)6-14-9-20-17-7-15(19)4-5-16(14)17/h4-5,7-10,12,20H,6,11H2,1-3H3. The molecular formula is C18H21ClN4O. The van der Waals surface area contributed by atoms with E-state index in [0.717, 1.165) is 22.0 Å². The van der Waals surface area contributed by atoms with Crippen molar-refractivity contribution in [2.45, 2.75) is 32.9 Å². The predicted molar refractivity (Wildman–Crippen MR) is 95.9 cm³/mol. The van der Waals surface area contributed by atoms with E-state index in [0.29, 0.717) is 18.0 Å². The smallest absolute Gasteiger partial charge is 0.227 e. The number of hydrogen-bond donors (Lipinski definition) is 1. The Morgan fingerprint density at radius 2 is 2.21 bits per heavy atom. The van der Waals surface area contributed by atoms with Crippen molar-refractivity contribution in [3.63, 3.8) is 0 Å². The first-order valence-electron chi connectivity index (χ1n) is 7.96. The van der Waals surface area contributed by atoms with Crippen molar-refractivity contribution in [3.8, 4) is 0 Å². The SMILES string of the molecule is CC(C)N(Cc1cnn(C)c1)C(=O)Cc1c[nH]c2cc(Cl)ccc12. The number of H-pyrrole nitrogens is 1. The maximum Gasteiger partial charge on any atom is 0.227 e. The molecule has 0 spiro atoms. The molecule has 126 valence electrons. The molecule has 0 unspecified atom stereocenters. The van der Waals surface area contributed by atoms with Crippen LogP contribution in [0.15, 0.2) is 36.8 Å². The molecule has 0 aliphatic carbocycles. The minimum Gasteiger partial charge on any atom is -0.361 e. The van der Waals surface area contributed by atoms with Crippen molar-refractivity contribution in [3.05, 3.63) is 52.9 Å². The van der Waals surface area contributed by atoms with E-state index in [9.17, 15) is 4.79 Å². The molecule has 0 saturated heterocycles. The van der Waals surface area contributed by atoms with Crippen LogP contribution in [0.4, 0.5) is 0 Å². The third-order valence-corrected chi connectivity index (χ3v) is 4.36. The molecule has 3 rings (SSSR count). The van der Waals surface area contributed by atoms with E-state index >= 15 is 0 Å². The Kier molecular flexibility index (Phi) is 4.62. The normalized spacial score (nSPS) is 11.4. The molecule has 2 heterocycles. The first kappa shape index (κ1) is 16.6. The van der Waals surface area contributed by atoms with Crippen LogP contribution in [0.25, 0.3) is 10.9 Å². The third kappa shape index (κ3) is 3.46. The van der Waals surface area contributed by atoms with Gasteiger partial charge in [0.05, 0.1) is 12.6 Å². The molecule has 0 bridgehead atoms. The summed E-state index contributed by atoms with van der Waals surface area (Å²) in [6.45, 7) is 4.63. The molecule has 0 fully saturated rings. The highest BCUT2D eigenvalue weighted by Gasteiger charge is 2.19. The number of halogens is 1. The van der Waals surface area contributed by atoms with Gasteiger partial charge in [0.2, 0.25) is 5.91 Å². The lowest BCUT2D eigenvalue weighted by atomic mass is 10.1. The lowest BCUT2D eigenvalue weighted by Gasteiger charge is -2.26. The lowest BCUT2D eigenvalue weighted by Crippen LogP contribution is -2.37. The van der Waals surface area contributed by atoms with Crippen LogP contribution < -0.4 is 0 Å². The number of aromatic amines is 1. The van der Waals surface area contributed by atoms with Gasteiger partial charge in [-0.15, -0.1) is 0 Å². The maximum absolute atomic E-state index is 12.8. The number of nitrogens with one attached hydrogen (secondary N) is 1. The van der Waals surface area contributed by atoms with E-state index < -0.39 is 0 Å². The summed E-state index contributed by atoms with van der Waals surface area (Å²) in [5, 5.41) is 5.90. The Morgan fingerprint density at radius 3 is 2.88 bits per heavy atom. The van der Waals surface area contributed by atoms with Crippen molar-refractivity contribution >= 4 is 28.4 Å². The summed E-state index contributed by atoms with van der Waals surface area (Å²) in [6.07, 6.45) is 5.99. The minimum absolute atomic E-state index is 0.102. The summed E-state index contributed by atoms with van der Waals surface area (Å²) < 4.78 is 1.75. The van der Waals surface area contributed by atoms with Gasteiger partial charge in [-0.1, -0.05) is 17.7 Å². The number of hydrogen-bond acceptors (Lipinski definition) is 2. The van der Waals surface area contributed by atoms with Gasteiger partial charge in [-0.25, -0.2) is 0 Å². The molecule has 0 aliphatic heterocycles. The molecule has 0 saturated carbocycles. The highest BCUT2D eigenvalue weighted by Crippen LogP contribution is 2.23. The Morgan fingerprint density at radius 1 is 1.42 bits per heavy atom. The number of rotatable bonds is 5. The van der Waals surface area contributed by atoms with Crippen LogP contribution >= 0.6 is 11.6 Å². The van der Waals surface area contributed by atoms with Crippen LogP contribution in [0.2, 0.25) is 5.02 Å². The number of benzene rings is 1. The van der Waals surface area contributed by atoms with Gasteiger partial charge in [-0.2, -0.15) is 5.10 Å². The summed E-state index contributed by atoms with van der Waals surface area (Å²) in [7, 11) is 1.88. The number of aromatic nitrogens is 3. The Balaban J connectivity index is 1.79. The molecule has 3 aromatic rings. The van der Waals surface area contributed by atoms with E-state index in [1.54, 1.807) is 10.9 Å². The summed E-state index contributed by atoms with van der Waals surface area (Å²) in [5.41, 5.74) is 2.97. The van der Waals surface area contributed by atoms with E-state index in [1.807, 2.05) is 56.4 Å². The summed E-state index contributed by atoms with van der Waals surface area (Å²) in [4.78, 5) is 17.9. The first-order valence-corrected chi connectivity index (χ1v) is 8.34. The van der Waals surface area contributed by atoms with E-state index in [1.165, 1.54) is 0 Å². The molecule has 6 heteroatoms. The summed E-state index contributed by atoms with van der Waals surface area (Å²) >= 11 is 6.01. The zero-order valence-corrected chi connectivity index (χ0v) is 14.8. The molecule has 1 N–H and O–H groups in total. The zero-order valence-electron chi connectivity index (χ0n) is 14.1. The fourth-order valence-electron chi connectivity index (χ4n) is 2.88. The number of carbonyl (C=O) groups is 1. The Bertz CT molecular complexity index is 865. The second kappa shape index (κ2) is 6.69. The number of nitrogens with zero attached hydrogens (tertiary/aromatic N) is 3. The molecule has 2 aromatic heterocycles. The Labute approximate surface area is 146 Å². The number of carbonyl (C=O) groups excluding carboxylic acids is 1. The van der Waals surface area contributed by atoms with Crippen LogP contribution in [0.1, 0.15) is 25.0 Å². The van der Waals surface area contributed by atoms with Gasteiger partial charge >= 0.3 is 0 Å². The van der Waals surface area contributed by atoms with Crippen LogP contribution in [-0.4, -0.2) is 31.6 Å². The molecule has 1 amide bonds. The van der Waals surface area contributed by atoms with Gasteiger partial charge in [0.15, 0.2) is 0 Å². The second-order valence-electron chi connectivity index (χ2n) is 6.32. The highest BCUT2D eigenvalue weighted by molar-refractivity contribution is 6.31. The Hall–Kier alpha value is -2.27. The third-order valence-electron chi connectivity index (χ3n) is 4.13. The minimum atomic E-state index is 0.102. The molecule has 1 aromatic carbocycles. The van der Waals surface area contributed by atoms with Crippen LogP contribution in [-0.2, 0) is 24.8 Å². The average Bonchev–Trinajstić information content (AvgIpc) is 3.10. The fraction of sp³-hybridized carbons (Fsp3) is 0.333. The molecule has 0 atom stereocenters. The molecule has 24 heavy (non-hydrogen) atoms. The van der Waals surface area contributed by atoms with Crippen LogP contribution in [0, 0.1) is 0 Å². The average molecular weight is 345 g/mol. The van der Waals surface area contributed by atoms with Gasteiger partial charge < -0.3 is 9.88 Å². The van der Waals surface area contributed by atoms with E-state index in [-0.39, 0.29) is 11.9 Å². The molecule has 5 nitrogen and oxygen atoms in total. The summed E-state index contributed by atoms with van der Waals surface area (Å²) in [5.74, 6) is 0.102. The lowest BCUT2D eigenvalue weighted by molar-refractivity contribution is -0.132. The van der Waals surface area contributed by atoms with Crippen LogP contribution in [0.3, 0.4) is 0 Å². The van der Waals surface area contributed by atoms with Crippen molar-refractivity contribution in [2.75, 3.05) is 0 Å². The van der Waals surface area contributed by atoms with Gasteiger partial charge in [-0.3, -0.25) is 9.48 Å². The highest BCUT2D eigenvalue weighted by atomic mass is 35.5. The van der Waals surface area contributed by atoms with Crippen molar-refractivity contribution in [2.24, 2.45) is 7.05 Å². The number of amides is 1. The van der Waals surface area contributed by atoms with Crippen molar-refractivity contribution in [1.82, 2.24) is 19.7 Å². The first-order chi connectivity index (χ1) is 11.4. The van der Waals surface area contributed by atoms with Crippen molar-refractivity contribution in [1.29, 1.82) is 0 Å². The van der Waals surface area contributed by atoms with Gasteiger partial charge in [0.25, 0.3) is 0 Å². The fourth-order valence-corrected chi connectivity index (χ4v) is 3.05. The predicted octanol–water partition coefficient (Wildman–Crippen LogP) is 3.53. The number of aryl methyl sites for hydroxylation is 1. The van der Waals surface area contributed by atoms with Crippen molar-refractivity contribution < 1.29 is 4.79 Å². The second-order valence-corrected chi connectivity index (χ2v) is 6.75. The van der Waals surface area contributed by atoms with E-state index in [2.05, 4.69) is 10.1 Å². The number of fused-ring (bicyclic) bond motifs is 1. The molecular weight excluding hydrogens is 324 g/mol. The zero-order chi connectivity index (χ0) is 17.3. The molecule has 0 radical (unpaired) electrons. The monoisotopic (exact) mass is 344 g/mol.